The zero-order valence-electron chi connectivity index (χ0n) is 15.4. The lowest BCUT2D eigenvalue weighted by Crippen LogP contribution is -2.16. The molecule has 128 valence electrons. The van der Waals surface area contributed by atoms with Gasteiger partial charge in [-0.1, -0.05) is 40.0 Å². The third kappa shape index (κ3) is 4.73. The number of methoxy groups -OCH3 is 1. The molecule has 1 fully saturated rings. The normalized spacial score (nSPS) is 16.7. The third-order valence-corrected chi connectivity index (χ3v) is 4.75. The molecule has 1 aromatic rings. The predicted octanol–water partition coefficient (Wildman–Crippen LogP) is 5.03. The number of rotatable bonds is 5. The van der Waals surface area contributed by atoms with Gasteiger partial charge in [0, 0.05) is 31.1 Å². The Hall–Kier alpha value is -1.51. The lowest BCUT2D eigenvalue weighted by molar-refractivity contribution is 0.367. The Bertz CT molecular complexity index is 537. The van der Waals surface area contributed by atoms with E-state index >= 15 is 0 Å². The van der Waals surface area contributed by atoms with Crippen LogP contribution < -0.4 is 10.1 Å². The van der Waals surface area contributed by atoms with Crippen LogP contribution in [0.25, 0.3) is 0 Å². The van der Waals surface area contributed by atoms with Gasteiger partial charge in [0.2, 0.25) is 0 Å². The minimum Gasteiger partial charge on any atom is -0.497 e. The van der Waals surface area contributed by atoms with Crippen LogP contribution in [-0.4, -0.2) is 26.9 Å². The first-order chi connectivity index (χ1) is 11.0. The van der Waals surface area contributed by atoms with Gasteiger partial charge in [0.25, 0.3) is 0 Å². The number of ether oxygens (including phenoxy) is 1. The SMILES string of the molecule is CNc1c(C=NCC2CCCCC2)cc(OC)cc1C(C)(C)C. The fraction of sp³-hybridized carbons (Fsp3) is 0.650. The maximum absolute atomic E-state index is 5.50. The summed E-state index contributed by atoms with van der Waals surface area (Å²) in [7, 11) is 3.71. The van der Waals surface area contributed by atoms with E-state index in [0.717, 1.165) is 29.5 Å². The molecule has 2 rings (SSSR count). The monoisotopic (exact) mass is 316 g/mol. The second-order valence-corrected chi connectivity index (χ2v) is 7.64. The first-order valence-electron chi connectivity index (χ1n) is 8.85. The van der Waals surface area contributed by atoms with Crippen molar-refractivity contribution in [3.8, 4) is 5.75 Å². The van der Waals surface area contributed by atoms with Crippen molar-refractivity contribution in [3.63, 3.8) is 0 Å². The summed E-state index contributed by atoms with van der Waals surface area (Å²) in [5.74, 6) is 1.67. The largest absolute Gasteiger partial charge is 0.497 e. The van der Waals surface area contributed by atoms with Crippen LogP contribution in [0, 0.1) is 5.92 Å². The van der Waals surface area contributed by atoms with Crippen molar-refractivity contribution >= 4 is 11.9 Å². The maximum atomic E-state index is 5.50. The lowest BCUT2D eigenvalue weighted by atomic mass is 9.84. The molecule has 3 heteroatoms. The number of nitrogens with zero attached hydrogens (tertiary/aromatic N) is 1. The summed E-state index contributed by atoms with van der Waals surface area (Å²) in [5.41, 5.74) is 3.59. The van der Waals surface area contributed by atoms with Gasteiger partial charge in [0.05, 0.1) is 7.11 Å². The fourth-order valence-electron chi connectivity index (χ4n) is 3.40. The topological polar surface area (TPSA) is 33.6 Å². The van der Waals surface area contributed by atoms with E-state index in [4.69, 9.17) is 9.73 Å². The predicted molar refractivity (Wildman–Crippen MR) is 100 cm³/mol. The van der Waals surface area contributed by atoms with Crippen LogP contribution in [0.3, 0.4) is 0 Å². The molecule has 1 aromatic carbocycles. The quantitative estimate of drug-likeness (QED) is 0.773. The molecule has 1 saturated carbocycles. The van der Waals surface area contributed by atoms with Crippen molar-refractivity contribution in [3.05, 3.63) is 23.3 Å². The number of hydrogen-bond acceptors (Lipinski definition) is 3. The van der Waals surface area contributed by atoms with Crippen molar-refractivity contribution < 1.29 is 4.74 Å². The van der Waals surface area contributed by atoms with E-state index in [1.807, 2.05) is 13.3 Å². The summed E-state index contributed by atoms with van der Waals surface area (Å²) in [6.07, 6.45) is 8.83. The molecule has 0 atom stereocenters. The summed E-state index contributed by atoms with van der Waals surface area (Å²) in [5, 5.41) is 3.36. The molecule has 23 heavy (non-hydrogen) atoms. The average molecular weight is 316 g/mol. The minimum absolute atomic E-state index is 0.0544. The Labute approximate surface area is 141 Å². The number of anilines is 1. The van der Waals surface area contributed by atoms with Crippen LogP contribution in [-0.2, 0) is 5.41 Å². The first-order valence-corrected chi connectivity index (χ1v) is 8.85. The van der Waals surface area contributed by atoms with E-state index in [9.17, 15) is 0 Å². The highest BCUT2D eigenvalue weighted by atomic mass is 16.5. The summed E-state index contributed by atoms with van der Waals surface area (Å²) >= 11 is 0. The Morgan fingerprint density at radius 3 is 2.48 bits per heavy atom. The minimum atomic E-state index is 0.0544. The molecule has 0 saturated heterocycles. The molecule has 1 aliphatic carbocycles. The standard InChI is InChI=1S/C20H32N2O/c1-20(2,3)18-12-17(23-5)11-16(19(18)21-4)14-22-13-15-9-7-6-8-10-15/h11-12,14-15,21H,6-10,13H2,1-5H3. The van der Waals surface area contributed by atoms with E-state index in [-0.39, 0.29) is 5.41 Å². The molecular formula is C20H32N2O. The average Bonchev–Trinajstić information content (AvgIpc) is 2.54. The second-order valence-electron chi connectivity index (χ2n) is 7.64. The summed E-state index contributed by atoms with van der Waals surface area (Å²) in [6, 6.07) is 4.20. The van der Waals surface area contributed by atoms with E-state index in [1.165, 1.54) is 37.7 Å². The highest BCUT2D eigenvalue weighted by Gasteiger charge is 2.21. The van der Waals surface area contributed by atoms with Gasteiger partial charge in [-0.2, -0.15) is 0 Å². The molecule has 0 aromatic heterocycles. The lowest BCUT2D eigenvalue weighted by Gasteiger charge is -2.25. The molecule has 3 nitrogen and oxygen atoms in total. The van der Waals surface area contributed by atoms with E-state index in [2.05, 4.69) is 38.2 Å². The molecule has 0 bridgehead atoms. The van der Waals surface area contributed by atoms with Crippen molar-refractivity contribution in [1.82, 2.24) is 0 Å². The Balaban J connectivity index is 2.25. The van der Waals surface area contributed by atoms with Gasteiger partial charge < -0.3 is 10.1 Å². The van der Waals surface area contributed by atoms with Crippen LogP contribution in [0.5, 0.6) is 5.75 Å². The Morgan fingerprint density at radius 1 is 1.22 bits per heavy atom. The molecule has 0 spiro atoms. The summed E-state index contributed by atoms with van der Waals surface area (Å²) in [4.78, 5) is 4.75. The van der Waals surface area contributed by atoms with Crippen molar-refractivity contribution in [2.24, 2.45) is 10.9 Å². The fourth-order valence-corrected chi connectivity index (χ4v) is 3.40. The van der Waals surface area contributed by atoms with E-state index < -0.39 is 0 Å². The number of benzene rings is 1. The van der Waals surface area contributed by atoms with E-state index in [0.29, 0.717) is 0 Å². The molecular weight excluding hydrogens is 284 g/mol. The molecule has 0 heterocycles. The molecule has 1 N–H and O–H groups in total. The maximum Gasteiger partial charge on any atom is 0.119 e. The second kappa shape index (κ2) is 7.85. The number of nitrogens with one attached hydrogen (secondary N) is 1. The van der Waals surface area contributed by atoms with Gasteiger partial charge in [-0.25, -0.2) is 0 Å². The summed E-state index contributed by atoms with van der Waals surface area (Å²) in [6.45, 7) is 7.63. The van der Waals surface area contributed by atoms with Gasteiger partial charge in [-0.15, -0.1) is 0 Å². The van der Waals surface area contributed by atoms with Gasteiger partial charge in [-0.3, -0.25) is 4.99 Å². The zero-order valence-corrected chi connectivity index (χ0v) is 15.4. The van der Waals surface area contributed by atoms with Crippen LogP contribution in [0.2, 0.25) is 0 Å². The highest BCUT2D eigenvalue weighted by molar-refractivity contribution is 5.90. The third-order valence-electron chi connectivity index (χ3n) is 4.75. The molecule has 0 radical (unpaired) electrons. The van der Waals surface area contributed by atoms with Crippen LogP contribution in [0.15, 0.2) is 17.1 Å². The zero-order chi connectivity index (χ0) is 16.9. The van der Waals surface area contributed by atoms with Crippen molar-refractivity contribution in [2.75, 3.05) is 26.0 Å². The molecule has 0 amide bonds. The highest BCUT2D eigenvalue weighted by Crippen LogP contribution is 2.35. The number of aliphatic imine (C=N–C) groups is 1. The van der Waals surface area contributed by atoms with E-state index in [1.54, 1.807) is 7.11 Å². The van der Waals surface area contributed by atoms with Crippen LogP contribution in [0.1, 0.15) is 64.0 Å². The first kappa shape index (κ1) is 17.8. The molecule has 0 unspecified atom stereocenters. The van der Waals surface area contributed by atoms with Gasteiger partial charge in [-0.05, 0) is 41.9 Å². The molecule has 1 aliphatic rings. The van der Waals surface area contributed by atoms with Gasteiger partial charge in [0.1, 0.15) is 5.75 Å². The van der Waals surface area contributed by atoms with Crippen molar-refractivity contribution in [1.29, 1.82) is 0 Å². The van der Waals surface area contributed by atoms with Crippen molar-refractivity contribution in [2.45, 2.75) is 58.3 Å². The van der Waals surface area contributed by atoms with Gasteiger partial charge >= 0.3 is 0 Å². The Kier molecular flexibility index (Phi) is 6.09. The van der Waals surface area contributed by atoms with Crippen LogP contribution in [0.4, 0.5) is 5.69 Å². The summed E-state index contributed by atoms with van der Waals surface area (Å²) < 4.78 is 5.50. The number of hydrogen-bond donors (Lipinski definition) is 1. The molecule has 0 aliphatic heterocycles. The van der Waals surface area contributed by atoms with Gasteiger partial charge in [0.15, 0.2) is 0 Å². The Morgan fingerprint density at radius 2 is 1.91 bits per heavy atom. The smallest absolute Gasteiger partial charge is 0.119 e. The van der Waals surface area contributed by atoms with Crippen LogP contribution >= 0.6 is 0 Å².